The maximum atomic E-state index is 13.5. The first-order valence-corrected chi connectivity index (χ1v) is 13.1. The van der Waals surface area contributed by atoms with Crippen molar-refractivity contribution in [2.24, 2.45) is 11.8 Å². The molecular formula is C30H39N3O3. The van der Waals surface area contributed by atoms with Gasteiger partial charge in [-0.05, 0) is 56.2 Å². The van der Waals surface area contributed by atoms with Crippen molar-refractivity contribution < 1.29 is 14.3 Å². The number of piperidine rings is 1. The van der Waals surface area contributed by atoms with Gasteiger partial charge in [0.1, 0.15) is 12.4 Å². The second kappa shape index (κ2) is 12.2. The minimum atomic E-state index is 0.0840. The Kier molecular flexibility index (Phi) is 8.81. The molecular weight excluding hydrogens is 450 g/mol. The molecule has 192 valence electrons. The van der Waals surface area contributed by atoms with E-state index in [-0.39, 0.29) is 29.7 Å². The summed E-state index contributed by atoms with van der Waals surface area (Å²) in [6, 6.07) is 16.6. The number of hydrogen-bond acceptors (Lipinski definition) is 4. The quantitative estimate of drug-likeness (QED) is 0.636. The van der Waals surface area contributed by atoms with E-state index >= 15 is 0 Å². The molecule has 1 fully saturated rings. The molecule has 4 rings (SSSR count). The lowest BCUT2D eigenvalue weighted by atomic mass is 9.82. The van der Waals surface area contributed by atoms with E-state index in [1.165, 1.54) is 11.1 Å². The Morgan fingerprint density at radius 2 is 1.89 bits per heavy atom. The van der Waals surface area contributed by atoms with Gasteiger partial charge in [-0.2, -0.15) is 0 Å². The highest BCUT2D eigenvalue weighted by atomic mass is 16.5. The zero-order valence-electron chi connectivity index (χ0n) is 21.8. The van der Waals surface area contributed by atoms with Crippen molar-refractivity contribution in [3.05, 3.63) is 77.4 Å². The van der Waals surface area contributed by atoms with Crippen LogP contribution >= 0.6 is 0 Å². The van der Waals surface area contributed by atoms with E-state index < -0.39 is 0 Å². The van der Waals surface area contributed by atoms with Crippen molar-refractivity contribution in [1.82, 2.24) is 15.1 Å². The van der Waals surface area contributed by atoms with Gasteiger partial charge in [0.25, 0.3) is 0 Å². The molecule has 6 nitrogen and oxygen atoms in total. The summed E-state index contributed by atoms with van der Waals surface area (Å²) >= 11 is 0. The van der Waals surface area contributed by atoms with Gasteiger partial charge in [0.05, 0.1) is 6.54 Å². The number of nitrogens with one attached hydrogen (secondary N) is 1. The average molecular weight is 490 g/mol. The number of fused-ring (bicyclic) bond motifs is 3. The minimum absolute atomic E-state index is 0.0840. The standard InChI is InChI=1S/C30H39N3O3/c1-22(2)31-29(34)17-24-14-15-33-20-26(24)12-8-16-36-28-13-7-6-11-27(28)19-32(21-30(33)35)18-25-10-5-4-9-23(25)3/h4-13,22,24,26H,14-21H2,1-3H3,(H,31,34)/b12-8-/t24-,26-/m0/s1. The molecule has 2 aliphatic heterocycles. The van der Waals surface area contributed by atoms with E-state index in [4.69, 9.17) is 4.74 Å². The summed E-state index contributed by atoms with van der Waals surface area (Å²) in [5.41, 5.74) is 3.53. The molecule has 2 aromatic carbocycles. The van der Waals surface area contributed by atoms with Crippen molar-refractivity contribution >= 4 is 11.8 Å². The Labute approximate surface area is 215 Å². The van der Waals surface area contributed by atoms with Gasteiger partial charge < -0.3 is 15.0 Å². The summed E-state index contributed by atoms with van der Waals surface area (Å²) in [6.45, 7) is 9.54. The van der Waals surface area contributed by atoms with Crippen LogP contribution in [0.15, 0.2) is 60.7 Å². The first-order chi connectivity index (χ1) is 17.4. The molecule has 0 aromatic heterocycles. The number of hydrogen-bond donors (Lipinski definition) is 1. The van der Waals surface area contributed by atoms with E-state index in [1.54, 1.807) is 0 Å². The predicted molar refractivity (Wildman–Crippen MR) is 142 cm³/mol. The number of carbonyl (C=O) groups excluding carboxylic acids is 2. The molecule has 0 saturated carbocycles. The monoisotopic (exact) mass is 489 g/mol. The van der Waals surface area contributed by atoms with Crippen LogP contribution in [0, 0.1) is 18.8 Å². The molecule has 2 atom stereocenters. The third kappa shape index (κ3) is 6.97. The van der Waals surface area contributed by atoms with Crippen LogP contribution in [-0.4, -0.2) is 53.9 Å². The second-order valence-corrected chi connectivity index (χ2v) is 10.4. The molecule has 1 saturated heterocycles. The number of rotatable bonds is 5. The fourth-order valence-electron chi connectivity index (χ4n) is 5.22. The van der Waals surface area contributed by atoms with Gasteiger partial charge in [-0.3, -0.25) is 14.5 Å². The first-order valence-electron chi connectivity index (χ1n) is 13.1. The molecule has 6 heteroatoms. The first kappa shape index (κ1) is 26.0. The number of benzene rings is 2. The van der Waals surface area contributed by atoms with Gasteiger partial charge >= 0.3 is 0 Å². The van der Waals surface area contributed by atoms with Crippen LogP contribution in [-0.2, 0) is 22.7 Å². The van der Waals surface area contributed by atoms with Crippen molar-refractivity contribution in [2.45, 2.75) is 52.7 Å². The lowest BCUT2D eigenvalue weighted by Crippen LogP contribution is -2.48. The van der Waals surface area contributed by atoms with E-state index in [0.29, 0.717) is 45.8 Å². The number of ether oxygens (including phenoxy) is 1. The van der Waals surface area contributed by atoms with E-state index in [0.717, 1.165) is 17.7 Å². The molecule has 2 aliphatic rings. The molecule has 2 bridgehead atoms. The Morgan fingerprint density at radius 3 is 2.69 bits per heavy atom. The maximum Gasteiger partial charge on any atom is 0.236 e. The van der Waals surface area contributed by atoms with Crippen molar-refractivity contribution in [1.29, 1.82) is 0 Å². The number of carbonyl (C=O) groups is 2. The zero-order chi connectivity index (χ0) is 25.5. The normalized spacial score (nSPS) is 22.0. The zero-order valence-corrected chi connectivity index (χ0v) is 21.8. The maximum absolute atomic E-state index is 13.5. The van der Waals surface area contributed by atoms with Crippen LogP contribution in [0.25, 0.3) is 0 Å². The van der Waals surface area contributed by atoms with Gasteiger partial charge in [-0.25, -0.2) is 0 Å². The largest absolute Gasteiger partial charge is 0.489 e. The number of nitrogens with zero attached hydrogens (tertiary/aromatic N) is 2. The molecule has 36 heavy (non-hydrogen) atoms. The Morgan fingerprint density at radius 1 is 1.11 bits per heavy atom. The van der Waals surface area contributed by atoms with Crippen molar-refractivity contribution in [3.8, 4) is 5.75 Å². The van der Waals surface area contributed by atoms with Gasteiger partial charge in [0.2, 0.25) is 11.8 Å². The van der Waals surface area contributed by atoms with E-state index in [9.17, 15) is 9.59 Å². The summed E-state index contributed by atoms with van der Waals surface area (Å²) in [5.74, 6) is 1.42. The van der Waals surface area contributed by atoms with Crippen LogP contribution in [0.1, 0.15) is 43.4 Å². The molecule has 1 N–H and O–H groups in total. The van der Waals surface area contributed by atoms with Crippen LogP contribution in [0.5, 0.6) is 5.75 Å². The third-order valence-corrected chi connectivity index (χ3v) is 7.16. The Hall–Kier alpha value is -3.12. The smallest absolute Gasteiger partial charge is 0.236 e. The van der Waals surface area contributed by atoms with Gasteiger partial charge in [0.15, 0.2) is 0 Å². The van der Waals surface area contributed by atoms with Gasteiger partial charge in [-0.15, -0.1) is 0 Å². The highest BCUT2D eigenvalue weighted by molar-refractivity contribution is 5.79. The SMILES string of the molecule is Cc1ccccc1CN1CC(=O)N2CC[C@@H](CC(=O)NC(C)C)[C@@H](/C=C\COc3ccccc3C1)C2. The molecule has 0 aliphatic carbocycles. The Bertz CT molecular complexity index is 1080. The fourth-order valence-corrected chi connectivity index (χ4v) is 5.22. The fraction of sp³-hybridized carbons (Fsp3) is 0.467. The van der Waals surface area contributed by atoms with Crippen molar-refractivity contribution in [2.75, 3.05) is 26.2 Å². The number of amides is 2. The highest BCUT2D eigenvalue weighted by Gasteiger charge is 2.32. The van der Waals surface area contributed by atoms with Crippen LogP contribution in [0.4, 0.5) is 0 Å². The Balaban J connectivity index is 1.57. The minimum Gasteiger partial charge on any atom is -0.489 e. The van der Waals surface area contributed by atoms with Crippen LogP contribution in [0.3, 0.4) is 0 Å². The summed E-state index contributed by atoms with van der Waals surface area (Å²) < 4.78 is 6.17. The van der Waals surface area contributed by atoms with Crippen molar-refractivity contribution in [3.63, 3.8) is 0 Å². The molecule has 0 radical (unpaired) electrons. The summed E-state index contributed by atoms with van der Waals surface area (Å²) in [7, 11) is 0. The third-order valence-electron chi connectivity index (χ3n) is 7.16. The second-order valence-electron chi connectivity index (χ2n) is 10.4. The highest BCUT2D eigenvalue weighted by Crippen LogP contribution is 2.29. The van der Waals surface area contributed by atoms with Crippen LogP contribution in [0.2, 0.25) is 0 Å². The lowest BCUT2D eigenvalue weighted by molar-refractivity contribution is -0.135. The number of aryl methyl sites for hydroxylation is 1. The molecule has 2 amide bonds. The lowest BCUT2D eigenvalue weighted by Gasteiger charge is -2.38. The molecule has 2 heterocycles. The van der Waals surface area contributed by atoms with Crippen LogP contribution < -0.4 is 10.1 Å². The van der Waals surface area contributed by atoms with Gasteiger partial charge in [0, 0.05) is 44.2 Å². The summed E-state index contributed by atoms with van der Waals surface area (Å²) in [6.07, 6.45) is 5.51. The molecule has 2 aromatic rings. The number of para-hydroxylation sites is 1. The summed E-state index contributed by atoms with van der Waals surface area (Å²) in [4.78, 5) is 30.3. The average Bonchev–Trinajstić information content (AvgIpc) is 2.84. The van der Waals surface area contributed by atoms with E-state index in [2.05, 4.69) is 47.5 Å². The van der Waals surface area contributed by atoms with E-state index in [1.807, 2.05) is 49.1 Å². The van der Waals surface area contributed by atoms with Gasteiger partial charge in [-0.1, -0.05) is 54.6 Å². The molecule has 0 unspecified atom stereocenters. The predicted octanol–water partition coefficient (Wildman–Crippen LogP) is 4.33. The topological polar surface area (TPSA) is 61.9 Å². The molecule has 0 spiro atoms. The summed E-state index contributed by atoms with van der Waals surface area (Å²) in [5, 5.41) is 3.02.